The predicted octanol–water partition coefficient (Wildman–Crippen LogP) is 8.04. The predicted molar refractivity (Wildman–Crippen MR) is 503 cm³/mol. The second-order valence-corrected chi connectivity index (χ2v) is 37.9. The first-order chi connectivity index (χ1) is 65.5. The molecule has 4 unspecified atom stereocenters. The van der Waals surface area contributed by atoms with E-state index in [-0.39, 0.29) is 161 Å². The van der Waals surface area contributed by atoms with Gasteiger partial charge in [-0.15, -0.1) is 22.7 Å². The van der Waals surface area contributed by atoms with Gasteiger partial charge in [0.15, 0.2) is 11.6 Å². The molecule has 10 aliphatic rings. The maximum absolute atomic E-state index is 15.4. The number of hydrogen-bond donors (Lipinski definition) is 12. The molecule has 19 heterocycles. The van der Waals surface area contributed by atoms with E-state index < -0.39 is 53.2 Å². The van der Waals surface area contributed by atoms with Crippen LogP contribution in [0.15, 0.2) is 81.8 Å². The fraction of sp³-hybridized carbons (Fsp3) is 0.404. The van der Waals surface area contributed by atoms with E-state index in [4.69, 9.17) is 76.6 Å². The topological polar surface area (TPSA) is 516 Å². The van der Waals surface area contributed by atoms with Crippen LogP contribution < -0.4 is 105 Å². The average molecular weight is 1900 g/mol. The molecule has 3 aromatic carbocycles. The van der Waals surface area contributed by atoms with Gasteiger partial charge < -0.3 is 123 Å². The molecule has 6 fully saturated rings. The van der Waals surface area contributed by atoms with Crippen molar-refractivity contribution in [3.63, 3.8) is 0 Å². The van der Waals surface area contributed by atoms with Crippen LogP contribution in [0.4, 0.5) is 63.2 Å². The van der Waals surface area contributed by atoms with E-state index in [1.165, 1.54) is 42.4 Å². The van der Waals surface area contributed by atoms with Gasteiger partial charge in [-0.05, 0) is 114 Å². The van der Waals surface area contributed by atoms with Crippen molar-refractivity contribution in [3.8, 4) is 35.3 Å². The van der Waals surface area contributed by atoms with Crippen molar-refractivity contribution < 1.29 is 74.0 Å². The zero-order valence-electron chi connectivity index (χ0n) is 75.1. The summed E-state index contributed by atoms with van der Waals surface area (Å²) in [5.41, 5.74) is 45.3. The first-order valence-electron chi connectivity index (χ1n) is 44.8. The zero-order chi connectivity index (χ0) is 95.1. The quantitative estimate of drug-likeness (QED) is 0.0458. The van der Waals surface area contributed by atoms with Crippen LogP contribution in [-0.4, -0.2) is 219 Å². The van der Waals surface area contributed by atoms with Gasteiger partial charge in [0, 0.05) is 173 Å². The highest BCUT2D eigenvalue weighted by atomic mass is 32.1. The number of nitrogens with two attached hydrogens (primary N) is 6. The summed E-state index contributed by atoms with van der Waals surface area (Å²) in [5, 5.41) is 40.3. The Kier molecular flexibility index (Phi) is 25.2. The number of nitrogens with zero attached hydrogens (tertiary/aromatic N) is 12. The van der Waals surface area contributed by atoms with E-state index in [2.05, 4.69) is 86.0 Å². The van der Waals surface area contributed by atoms with Gasteiger partial charge in [0.25, 0.3) is 23.6 Å². The third kappa shape index (κ3) is 17.9. The van der Waals surface area contributed by atoms with Gasteiger partial charge in [0.2, 0.25) is 28.8 Å². The number of methoxy groups -OCH3 is 2. The van der Waals surface area contributed by atoms with Crippen molar-refractivity contribution in [1.82, 2.24) is 61.8 Å². The molecule has 10 aliphatic heterocycles. The smallest absolute Gasteiger partial charge is 0.289 e. The van der Waals surface area contributed by atoms with Crippen molar-refractivity contribution in [2.75, 3.05) is 136 Å². The monoisotopic (exact) mass is 1900 g/mol. The minimum atomic E-state index is -0.572. The van der Waals surface area contributed by atoms with Gasteiger partial charge in [0.05, 0.1) is 105 Å². The summed E-state index contributed by atoms with van der Waals surface area (Å²) in [6.07, 6.45) is 6.80. The summed E-state index contributed by atoms with van der Waals surface area (Å²) in [4.78, 5) is 87.9. The number of pyridine rings is 4. The normalized spacial score (nSPS) is 22.7. The SMILES string of the molecule is CO[C@H]1CN(c2cc(F)c3c(c2C#N)OC[C@H](NC(=O)c2sc4nc(C)ccc4c2N)C3)C[C@@H]1N.CO[C@H]1CN(c2cc(F)c3c(c2C#N)OC[C@H](NC(=O)c2sc4nc(C)cnc4c2N)C3)C[C@@H]1N.Cc1ccc2c(N)c(C(=O)N[C@H]3COc4c(F)c(N5CC6CCC(C5)N6)cc(F)c4C3)oc2n1.Cc1ccc2c(N)c(C(=O)N[C@H]3COc4nc(N5CC6CCC(C5)N6)ccc4C3)oc2n1. The van der Waals surface area contributed by atoms with E-state index in [0.29, 0.717) is 147 Å². The van der Waals surface area contributed by atoms with Crippen LogP contribution in [0.25, 0.3) is 42.8 Å². The number of furan rings is 2. The number of carbonyl (C=O) groups excluding carboxylic acids is 4. The van der Waals surface area contributed by atoms with Crippen molar-refractivity contribution in [2.45, 2.75) is 152 Å². The molecule has 42 heteroatoms. The Labute approximate surface area is 784 Å². The van der Waals surface area contributed by atoms with Crippen LogP contribution in [0.3, 0.4) is 0 Å². The Morgan fingerprint density at radius 3 is 1.38 bits per heavy atom. The van der Waals surface area contributed by atoms with E-state index in [1.54, 1.807) is 39.5 Å². The molecule has 6 saturated heterocycles. The average Bonchev–Trinajstić information content (AvgIpc) is 1.20. The van der Waals surface area contributed by atoms with Crippen LogP contribution in [-0.2, 0) is 35.2 Å². The lowest BCUT2D eigenvalue weighted by Crippen LogP contribution is -2.51. The molecule has 4 amide bonds. The summed E-state index contributed by atoms with van der Waals surface area (Å²) < 4.78 is 106. The van der Waals surface area contributed by atoms with Crippen LogP contribution >= 0.6 is 22.7 Å². The Hall–Kier alpha value is -13.7. The third-order valence-electron chi connectivity index (χ3n) is 26.5. The minimum Gasteiger partial charge on any atom is -0.490 e. The number of carbonyl (C=O) groups is 4. The summed E-state index contributed by atoms with van der Waals surface area (Å²) in [6.45, 7) is 12.9. The largest absolute Gasteiger partial charge is 0.490 e. The fourth-order valence-electron chi connectivity index (χ4n) is 19.6. The molecule has 4 bridgehead atoms. The second-order valence-electron chi connectivity index (χ2n) is 36.0. The molecule has 0 spiro atoms. The van der Waals surface area contributed by atoms with Crippen molar-refractivity contribution in [3.05, 3.63) is 174 Å². The summed E-state index contributed by atoms with van der Waals surface area (Å²) in [6, 6.07) is 22.7. The molecular weight excluding hydrogens is 1800 g/mol. The number of benzene rings is 3. The Bertz CT molecular complexity index is 6630. The van der Waals surface area contributed by atoms with Crippen LogP contribution in [0, 0.1) is 73.6 Å². The van der Waals surface area contributed by atoms with Crippen molar-refractivity contribution in [1.29, 1.82) is 10.5 Å². The minimum absolute atomic E-state index is 0.00283. The highest BCUT2D eigenvalue weighted by molar-refractivity contribution is 7.21. The molecule has 0 saturated carbocycles. The first-order valence-corrected chi connectivity index (χ1v) is 46.5. The van der Waals surface area contributed by atoms with Crippen LogP contribution in [0.5, 0.6) is 23.1 Å². The van der Waals surface area contributed by atoms with E-state index in [1.807, 2.05) is 59.7 Å². The molecular formula is C94H100F4N24O12S2. The number of fused-ring (bicyclic) bond motifs is 12. The first kappa shape index (κ1) is 91.4. The molecule has 18 N–H and O–H groups in total. The fourth-order valence-corrected chi connectivity index (χ4v) is 21.6. The maximum atomic E-state index is 15.4. The number of hydrogen-bond acceptors (Lipinski definition) is 34. The number of aromatic nitrogens is 6. The van der Waals surface area contributed by atoms with Gasteiger partial charge >= 0.3 is 0 Å². The Balaban J connectivity index is 0.000000116. The highest BCUT2D eigenvalue weighted by Gasteiger charge is 2.42. The molecule has 708 valence electrons. The lowest BCUT2D eigenvalue weighted by molar-refractivity contribution is 0.0881. The molecule has 136 heavy (non-hydrogen) atoms. The summed E-state index contributed by atoms with van der Waals surface area (Å²) in [5.74, 6) is -1.81. The molecule has 12 aromatic rings. The van der Waals surface area contributed by atoms with E-state index >= 15 is 17.6 Å². The number of anilines is 8. The molecule has 9 aromatic heterocycles. The number of piperazine rings is 2. The molecule has 36 nitrogen and oxygen atoms in total. The van der Waals surface area contributed by atoms with E-state index in [0.717, 1.165) is 76.8 Å². The molecule has 0 radical (unpaired) electrons. The number of amides is 4. The van der Waals surface area contributed by atoms with Gasteiger partial charge in [-0.2, -0.15) is 15.5 Å². The number of ether oxygens (including phenoxy) is 6. The summed E-state index contributed by atoms with van der Waals surface area (Å²) in [7, 11) is 3.15. The van der Waals surface area contributed by atoms with Crippen LogP contribution in [0.1, 0.15) is 122 Å². The molecule has 12 atom stereocenters. The number of rotatable bonds is 14. The lowest BCUT2D eigenvalue weighted by Gasteiger charge is -2.36. The molecule has 0 aliphatic carbocycles. The van der Waals surface area contributed by atoms with Gasteiger partial charge in [-0.25, -0.2) is 42.5 Å². The lowest BCUT2D eigenvalue weighted by atomic mass is 9.97. The maximum Gasteiger partial charge on any atom is 0.289 e. The second kappa shape index (κ2) is 37.5. The highest BCUT2D eigenvalue weighted by Crippen LogP contribution is 2.45. The summed E-state index contributed by atoms with van der Waals surface area (Å²) >= 11 is 2.37. The van der Waals surface area contributed by atoms with Crippen LogP contribution in [0.2, 0.25) is 0 Å². The van der Waals surface area contributed by atoms with Crippen molar-refractivity contribution in [2.24, 2.45) is 11.5 Å². The van der Waals surface area contributed by atoms with Gasteiger partial charge in [-0.3, -0.25) is 19.2 Å². The standard InChI is InChI=1S/C24H25F2N5O3.C24H25FN6O3S.C23H24FN7O3S.C23H26N6O3/c1-11-2-5-15-20(27)22(34-24(15)28-11)23(32)30-14-6-16-17(25)7-18(19(26)21(16)33-10-14)31-8-12-3-4-13(9-31)29-12;1-11-3-4-13-20(28)22(35-24(13)29-11)23(32)30-12-5-14-16(25)6-18(15(7-26)21(14)34-10-12)31-8-17(27)19(9-31)33-2;1-10-6-28-19-18(27)21(35-23(19)29-10)22(32)30-11-3-12-14(24)4-16(13(5-25)20(12)34-9-11)31-7-15(26)17(8-31)33-2;1-12-2-6-17-19(24)20(32-23(17)25-12)21(30)27-16-8-13-3-7-18(28-22(13)31-11-16)29-9-14-4-5-15(10-29)26-14/h2,5,7,12-14,29H,3-4,6,8-10,27H2,1H3,(H,30,32);3-4,6,12,17,19H,5,8-10,27-28H2,1-2H3,(H,30,32);4,6,11,15,17H,3,7-9,26-27H2,1-2H3,(H,30,32);2-3,6-7,14-16,26H,4-5,8-11,24H2,1H3,(H,27,30)/t12?,13?,14-;12-,17+,19+;11-,15+,17+;14?,15?,16-/m1111/s1. The number of nitrogen functional groups attached to an aromatic ring is 4. The number of nitrogens with one attached hydrogen (secondary N) is 6. The van der Waals surface area contributed by atoms with Crippen molar-refractivity contribution >= 4 is 135 Å². The van der Waals surface area contributed by atoms with E-state index in [9.17, 15) is 29.7 Å². The third-order valence-corrected chi connectivity index (χ3v) is 28.7. The van der Waals surface area contributed by atoms with Gasteiger partial charge in [-0.1, -0.05) is 0 Å². The Morgan fingerprint density at radius 1 is 0.471 bits per heavy atom. The number of halogens is 4. The molecule has 22 rings (SSSR count). The number of nitriles is 2. The number of aryl methyl sites for hydroxylation is 4. The van der Waals surface area contributed by atoms with Gasteiger partial charge in [0.1, 0.15) is 109 Å². The Morgan fingerprint density at radius 2 is 0.890 bits per heavy atom. The zero-order valence-corrected chi connectivity index (χ0v) is 76.7. The number of thiophene rings is 2.